The van der Waals surface area contributed by atoms with Crippen LogP contribution >= 0.6 is 11.6 Å². The fourth-order valence-electron chi connectivity index (χ4n) is 3.45. The van der Waals surface area contributed by atoms with E-state index in [0.29, 0.717) is 5.56 Å². The molecule has 0 radical (unpaired) electrons. The monoisotopic (exact) mass is 469 g/mol. The molecule has 2 heterocycles. The highest BCUT2D eigenvalue weighted by atomic mass is 35.5. The van der Waals surface area contributed by atoms with Crippen LogP contribution in [-0.2, 0) is 11.3 Å². The molecule has 7 nitrogen and oxygen atoms in total. The lowest BCUT2D eigenvalue weighted by molar-refractivity contribution is -0.123. The number of hydrogen-bond donors (Lipinski definition) is 1. The van der Waals surface area contributed by atoms with E-state index >= 15 is 0 Å². The summed E-state index contributed by atoms with van der Waals surface area (Å²) >= 11 is 6.26. The van der Waals surface area contributed by atoms with Gasteiger partial charge in [-0.3, -0.25) is 14.3 Å². The predicted molar refractivity (Wildman–Crippen MR) is 114 cm³/mol. The largest absolute Gasteiger partial charge is 0.416 e. The van der Waals surface area contributed by atoms with Crippen LogP contribution in [0.5, 0.6) is 0 Å². The van der Waals surface area contributed by atoms with Crippen LogP contribution in [0.2, 0.25) is 5.02 Å². The molecule has 0 saturated heterocycles. The van der Waals surface area contributed by atoms with E-state index in [1.54, 1.807) is 33.8 Å². The zero-order chi connectivity index (χ0) is 23.8. The summed E-state index contributed by atoms with van der Waals surface area (Å²) in [6.45, 7) is 6.62. The van der Waals surface area contributed by atoms with Crippen LogP contribution in [0.15, 0.2) is 47.1 Å². The van der Waals surface area contributed by atoms with Gasteiger partial charge >= 0.3 is 11.9 Å². The summed E-state index contributed by atoms with van der Waals surface area (Å²) in [6.07, 6.45) is 1.67. The van der Waals surface area contributed by atoms with Gasteiger partial charge in [-0.2, -0.15) is 13.2 Å². The molecule has 1 amide bonds. The number of pyridine rings is 1. The minimum atomic E-state index is -4.49. The number of hydrogen-bond acceptors (Lipinski definition) is 4. The van der Waals surface area contributed by atoms with E-state index in [2.05, 4.69) is 15.4 Å². The van der Waals surface area contributed by atoms with Crippen LogP contribution < -0.4 is 11.0 Å². The van der Waals surface area contributed by atoms with E-state index in [-0.39, 0.29) is 17.4 Å². The summed E-state index contributed by atoms with van der Waals surface area (Å²) in [5.74, 6) is -0.964. The molecule has 0 bridgehead atoms. The van der Waals surface area contributed by atoms with Crippen LogP contribution in [0.4, 0.5) is 13.2 Å². The standard InChI is InChI=1S/C21H23ClF3N5O2/c1-12-9-13(21(23,24)25)5-6-16(12)30-18(14-7-8-26-10-15(14)22)28-29(19(30)32)11-17(31)27-20(2,3)4/h5-10,12,16H,11H2,1-4H3,(H,27,31). The Bertz CT molecular complexity index is 1140. The zero-order valence-electron chi connectivity index (χ0n) is 17.9. The lowest BCUT2D eigenvalue weighted by Gasteiger charge is -2.25. The number of halogens is 4. The van der Waals surface area contributed by atoms with Crippen molar-refractivity contribution >= 4 is 17.5 Å². The second-order valence-corrected chi connectivity index (χ2v) is 9.02. The summed E-state index contributed by atoms with van der Waals surface area (Å²) < 4.78 is 41.6. The van der Waals surface area contributed by atoms with Crippen LogP contribution in [0.3, 0.4) is 0 Å². The summed E-state index contributed by atoms with van der Waals surface area (Å²) in [6, 6.07) is 0.793. The molecule has 11 heteroatoms. The van der Waals surface area contributed by atoms with E-state index < -0.39 is 40.8 Å². The van der Waals surface area contributed by atoms with Gasteiger partial charge in [0.15, 0.2) is 5.82 Å². The highest BCUT2D eigenvalue weighted by molar-refractivity contribution is 6.33. The highest BCUT2D eigenvalue weighted by Gasteiger charge is 2.36. The van der Waals surface area contributed by atoms with Gasteiger partial charge in [0, 0.05) is 23.5 Å². The van der Waals surface area contributed by atoms with Crippen LogP contribution in [0.1, 0.15) is 33.7 Å². The van der Waals surface area contributed by atoms with Crippen molar-refractivity contribution in [2.24, 2.45) is 5.92 Å². The number of nitrogens with zero attached hydrogens (tertiary/aromatic N) is 4. The Kier molecular flexibility index (Phi) is 6.37. The molecule has 0 fully saturated rings. The van der Waals surface area contributed by atoms with Crippen molar-refractivity contribution in [2.45, 2.75) is 52.0 Å². The normalized spacial score (nSPS) is 19.1. The number of carbonyl (C=O) groups excluding carboxylic acids is 1. The summed E-state index contributed by atoms with van der Waals surface area (Å²) in [5, 5.41) is 7.27. The number of allylic oxidation sites excluding steroid dienone is 4. The Hall–Kier alpha value is -2.88. The third kappa shape index (κ3) is 5.12. The van der Waals surface area contributed by atoms with Crippen molar-refractivity contribution < 1.29 is 18.0 Å². The van der Waals surface area contributed by atoms with Crippen molar-refractivity contribution in [3.63, 3.8) is 0 Å². The molecule has 2 aromatic rings. The van der Waals surface area contributed by atoms with Crippen molar-refractivity contribution in [1.82, 2.24) is 24.6 Å². The Morgan fingerprint density at radius 1 is 1.28 bits per heavy atom. The second-order valence-electron chi connectivity index (χ2n) is 8.62. The van der Waals surface area contributed by atoms with Crippen molar-refractivity contribution in [1.29, 1.82) is 0 Å². The fraction of sp³-hybridized carbons (Fsp3) is 0.429. The van der Waals surface area contributed by atoms with Gasteiger partial charge in [-0.05, 0) is 32.8 Å². The Labute approximate surface area is 187 Å². The molecule has 3 rings (SSSR count). The van der Waals surface area contributed by atoms with Gasteiger partial charge in [0.2, 0.25) is 5.91 Å². The number of carbonyl (C=O) groups is 1. The van der Waals surface area contributed by atoms with Crippen molar-refractivity contribution in [3.8, 4) is 11.4 Å². The first kappa shape index (κ1) is 23.8. The van der Waals surface area contributed by atoms with E-state index in [1.165, 1.54) is 23.0 Å². The van der Waals surface area contributed by atoms with Gasteiger partial charge in [0.25, 0.3) is 0 Å². The van der Waals surface area contributed by atoms with Gasteiger partial charge in [0.05, 0.1) is 16.6 Å². The average Bonchev–Trinajstić information content (AvgIpc) is 2.95. The smallest absolute Gasteiger partial charge is 0.350 e. The minimum Gasteiger partial charge on any atom is -0.350 e. The van der Waals surface area contributed by atoms with Gasteiger partial charge in [-0.1, -0.05) is 36.8 Å². The van der Waals surface area contributed by atoms with Gasteiger partial charge in [-0.15, -0.1) is 5.10 Å². The minimum absolute atomic E-state index is 0.135. The first-order valence-corrected chi connectivity index (χ1v) is 10.2. The van der Waals surface area contributed by atoms with E-state index in [0.717, 1.165) is 16.8 Å². The molecular formula is C21H23ClF3N5O2. The van der Waals surface area contributed by atoms with Crippen molar-refractivity contribution in [3.05, 3.63) is 57.8 Å². The third-order valence-corrected chi connectivity index (χ3v) is 5.07. The first-order chi connectivity index (χ1) is 14.8. The molecule has 172 valence electrons. The second kappa shape index (κ2) is 8.57. The maximum absolute atomic E-state index is 13.2. The molecule has 1 aliphatic rings. The topological polar surface area (TPSA) is 81.8 Å². The first-order valence-electron chi connectivity index (χ1n) is 9.85. The summed E-state index contributed by atoms with van der Waals surface area (Å²) in [7, 11) is 0. The van der Waals surface area contributed by atoms with Crippen LogP contribution in [0, 0.1) is 5.92 Å². The average molecular weight is 470 g/mol. The SMILES string of the molecule is CC1C=C(C(F)(F)F)C=CC1n1c(-c2ccncc2Cl)nn(CC(=O)NC(C)(C)C)c1=O. The zero-order valence-corrected chi connectivity index (χ0v) is 18.7. The van der Waals surface area contributed by atoms with Crippen LogP contribution in [-0.4, -0.2) is 37.0 Å². The van der Waals surface area contributed by atoms with Gasteiger partial charge in [-0.25, -0.2) is 9.48 Å². The van der Waals surface area contributed by atoms with E-state index in [9.17, 15) is 22.8 Å². The molecule has 0 aliphatic heterocycles. The highest BCUT2D eigenvalue weighted by Crippen LogP contribution is 2.36. The Morgan fingerprint density at radius 3 is 2.53 bits per heavy atom. The molecule has 0 spiro atoms. The molecule has 32 heavy (non-hydrogen) atoms. The van der Waals surface area contributed by atoms with Crippen molar-refractivity contribution in [2.75, 3.05) is 0 Å². The molecule has 2 atom stereocenters. The number of amides is 1. The number of alkyl halides is 3. The van der Waals surface area contributed by atoms with Gasteiger partial charge < -0.3 is 5.32 Å². The fourth-order valence-corrected chi connectivity index (χ4v) is 3.65. The summed E-state index contributed by atoms with van der Waals surface area (Å²) in [4.78, 5) is 29.6. The Morgan fingerprint density at radius 2 is 1.97 bits per heavy atom. The molecule has 1 aliphatic carbocycles. The molecule has 2 aromatic heterocycles. The molecule has 1 N–H and O–H groups in total. The van der Waals surface area contributed by atoms with E-state index in [1.807, 2.05) is 0 Å². The maximum Gasteiger partial charge on any atom is 0.416 e. The van der Waals surface area contributed by atoms with Gasteiger partial charge in [0.1, 0.15) is 6.54 Å². The molecule has 2 unspecified atom stereocenters. The predicted octanol–water partition coefficient (Wildman–Crippen LogP) is 3.91. The molecule has 0 saturated carbocycles. The number of aromatic nitrogens is 4. The Balaban J connectivity index is 2.09. The van der Waals surface area contributed by atoms with E-state index in [4.69, 9.17) is 11.6 Å². The summed E-state index contributed by atoms with van der Waals surface area (Å²) in [5.41, 5.74) is -1.56. The lowest BCUT2D eigenvalue weighted by Crippen LogP contribution is -2.44. The number of rotatable bonds is 4. The molecule has 0 aromatic carbocycles. The quantitative estimate of drug-likeness (QED) is 0.736. The third-order valence-electron chi connectivity index (χ3n) is 4.77. The number of nitrogens with one attached hydrogen (secondary N) is 1. The maximum atomic E-state index is 13.2. The lowest BCUT2D eigenvalue weighted by atomic mass is 9.92. The van der Waals surface area contributed by atoms with Crippen LogP contribution in [0.25, 0.3) is 11.4 Å². The molecular weight excluding hydrogens is 447 g/mol.